The first-order valence-electron chi connectivity index (χ1n) is 8.56. The molecule has 1 aliphatic rings. The van der Waals surface area contributed by atoms with E-state index in [2.05, 4.69) is 5.32 Å². The summed E-state index contributed by atoms with van der Waals surface area (Å²) < 4.78 is 5.13. The Morgan fingerprint density at radius 3 is 2.72 bits per heavy atom. The maximum Gasteiger partial charge on any atom is 0.287 e. The molecule has 3 rings (SSSR count). The highest BCUT2D eigenvalue weighted by molar-refractivity contribution is 5.95. The Balaban J connectivity index is 1.75. The van der Waals surface area contributed by atoms with Crippen LogP contribution in [0.5, 0.6) is 0 Å². The van der Waals surface area contributed by atoms with Crippen LogP contribution in [0.4, 0.5) is 0 Å². The zero-order chi connectivity index (χ0) is 17.6. The molecule has 3 N–H and O–H groups in total. The van der Waals surface area contributed by atoms with Crippen molar-refractivity contribution in [2.45, 2.75) is 31.3 Å². The Labute approximate surface area is 147 Å². The molecule has 2 aromatic rings. The van der Waals surface area contributed by atoms with Crippen molar-refractivity contribution in [1.82, 2.24) is 10.2 Å². The van der Waals surface area contributed by atoms with Gasteiger partial charge in [-0.05, 0) is 30.5 Å². The fourth-order valence-electron chi connectivity index (χ4n) is 3.12. The van der Waals surface area contributed by atoms with Gasteiger partial charge in [0.05, 0.1) is 6.26 Å². The molecule has 6 heteroatoms. The summed E-state index contributed by atoms with van der Waals surface area (Å²) in [5.41, 5.74) is 6.99. The maximum atomic E-state index is 13.0. The van der Waals surface area contributed by atoms with Crippen LogP contribution in [-0.4, -0.2) is 41.9 Å². The zero-order valence-electron chi connectivity index (χ0n) is 14.1. The number of amides is 2. The van der Waals surface area contributed by atoms with Crippen molar-refractivity contribution in [3.05, 3.63) is 60.1 Å². The quantitative estimate of drug-likeness (QED) is 0.864. The molecule has 0 saturated carbocycles. The van der Waals surface area contributed by atoms with Gasteiger partial charge in [0.15, 0.2) is 5.76 Å². The van der Waals surface area contributed by atoms with Gasteiger partial charge in [-0.3, -0.25) is 9.59 Å². The number of piperidine rings is 1. The summed E-state index contributed by atoms with van der Waals surface area (Å²) in [4.78, 5) is 27.1. The van der Waals surface area contributed by atoms with E-state index in [9.17, 15) is 9.59 Å². The standard InChI is InChI=1S/C19H23N3O3/c20-15-8-4-10-22(13-15)19(24)16(12-14-6-2-1-3-7-14)21-18(23)17-9-5-11-25-17/h1-3,5-7,9,11,15-16H,4,8,10,12-13,20H2,(H,21,23). The Kier molecular flexibility index (Phi) is 5.50. The normalized spacial score (nSPS) is 18.6. The van der Waals surface area contributed by atoms with Crippen molar-refractivity contribution >= 4 is 11.8 Å². The lowest BCUT2D eigenvalue weighted by molar-refractivity contribution is -0.134. The van der Waals surface area contributed by atoms with Crippen molar-refractivity contribution in [2.24, 2.45) is 5.73 Å². The highest BCUT2D eigenvalue weighted by Gasteiger charge is 2.29. The van der Waals surface area contributed by atoms with Gasteiger partial charge in [-0.1, -0.05) is 30.3 Å². The third-order valence-corrected chi connectivity index (χ3v) is 4.40. The summed E-state index contributed by atoms with van der Waals surface area (Å²) in [6, 6.07) is 12.2. The summed E-state index contributed by atoms with van der Waals surface area (Å²) in [5, 5.41) is 2.82. The Hall–Kier alpha value is -2.60. The number of likely N-dealkylation sites (tertiary alicyclic amines) is 1. The summed E-state index contributed by atoms with van der Waals surface area (Å²) in [7, 11) is 0. The first-order chi connectivity index (χ1) is 12.1. The van der Waals surface area contributed by atoms with Gasteiger partial charge in [0.2, 0.25) is 5.91 Å². The second-order valence-electron chi connectivity index (χ2n) is 6.38. The summed E-state index contributed by atoms with van der Waals surface area (Å²) in [5.74, 6) is -0.291. The minimum Gasteiger partial charge on any atom is -0.459 e. The predicted octanol–water partition coefficient (Wildman–Crippen LogP) is 1.57. The molecule has 1 aliphatic heterocycles. The van der Waals surface area contributed by atoms with Crippen molar-refractivity contribution in [1.29, 1.82) is 0 Å². The van der Waals surface area contributed by atoms with Crippen molar-refractivity contribution < 1.29 is 14.0 Å². The molecule has 0 aliphatic carbocycles. The zero-order valence-corrected chi connectivity index (χ0v) is 14.1. The Morgan fingerprint density at radius 1 is 1.24 bits per heavy atom. The number of carbonyl (C=O) groups is 2. The van der Waals surface area contributed by atoms with E-state index < -0.39 is 6.04 Å². The van der Waals surface area contributed by atoms with Gasteiger partial charge in [0.1, 0.15) is 6.04 Å². The van der Waals surface area contributed by atoms with E-state index in [1.165, 1.54) is 6.26 Å². The number of nitrogens with one attached hydrogen (secondary N) is 1. The van der Waals surface area contributed by atoms with E-state index in [-0.39, 0.29) is 23.6 Å². The first kappa shape index (κ1) is 17.2. The summed E-state index contributed by atoms with van der Waals surface area (Å²) >= 11 is 0. The monoisotopic (exact) mass is 341 g/mol. The summed E-state index contributed by atoms with van der Waals surface area (Å²) in [6.45, 7) is 1.20. The first-order valence-corrected chi connectivity index (χ1v) is 8.56. The molecule has 25 heavy (non-hydrogen) atoms. The predicted molar refractivity (Wildman–Crippen MR) is 93.9 cm³/mol. The number of rotatable bonds is 5. The smallest absolute Gasteiger partial charge is 0.287 e. The van der Waals surface area contributed by atoms with Crippen molar-refractivity contribution in [3.8, 4) is 0 Å². The van der Waals surface area contributed by atoms with Crippen LogP contribution >= 0.6 is 0 Å². The molecular weight excluding hydrogens is 318 g/mol. The molecule has 6 nitrogen and oxygen atoms in total. The maximum absolute atomic E-state index is 13.0. The Bertz CT molecular complexity index is 700. The Morgan fingerprint density at radius 2 is 2.04 bits per heavy atom. The molecule has 2 amide bonds. The van der Waals surface area contributed by atoms with Gasteiger partial charge in [-0.15, -0.1) is 0 Å². The molecule has 0 bridgehead atoms. The fourth-order valence-corrected chi connectivity index (χ4v) is 3.12. The van der Waals surface area contributed by atoms with Crippen molar-refractivity contribution in [2.75, 3.05) is 13.1 Å². The third-order valence-electron chi connectivity index (χ3n) is 4.40. The van der Waals surface area contributed by atoms with Gasteiger partial charge in [-0.2, -0.15) is 0 Å². The number of nitrogens with zero attached hydrogens (tertiary/aromatic N) is 1. The van der Waals surface area contributed by atoms with E-state index in [0.29, 0.717) is 19.5 Å². The second-order valence-corrected chi connectivity index (χ2v) is 6.38. The molecule has 0 radical (unpaired) electrons. The number of nitrogens with two attached hydrogens (primary N) is 1. The van der Waals surface area contributed by atoms with Crippen LogP contribution in [0.2, 0.25) is 0 Å². The topological polar surface area (TPSA) is 88.6 Å². The van der Waals surface area contributed by atoms with Crippen LogP contribution in [0.25, 0.3) is 0 Å². The van der Waals surface area contributed by atoms with Gasteiger partial charge in [0, 0.05) is 25.6 Å². The molecule has 1 saturated heterocycles. The van der Waals surface area contributed by atoms with E-state index >= 15 is 0 Å². The lowest BCUT2D eigenvalue weighted by atomic mass is 10.0. The lowest BCUT2D eigenvalue weighted by Gasteiger charge is -2.33. The molecule has 1 fully saturated rings. The molecule has 2 atom stereocenters. The number of furan rings is 1. The number of carbonyl (C=O) groups excluding carboxylic acids is 2. The minimum absolute atomic E-state index is 0.00384. The van der Waals surface area contributed by atoms with Crippen LogP contribution in [0.3, 0.4) is 0 Å². The van der Waals surface area contributed by atoms with Crippen LogP contribution in [0.15, 0.2) is 53.1 Å². The van der Waals surface area contributed by atoms with E-state index in [4.69, 9.17) is 10.2 Å². The molecule has 0 spiro atoms. The molecular formula is C19H23N3O3. The molecule has 2 unspecified atom stereocenters. The van der Waals surface area contributed by atoms with Crippen LogP contribution in [0, 0.1) is 0 Å². The largest absolute Gasteiger partial charge is 0.459 e. The second kappa shape index (κ2) is 7.98. The highest BCUT2D eigenvalue weighted by atomic mass is 16.3. The van der Waals surface area contributed by atoms with E-state index in [0.717, 1.165) is 18.4 Å². The van der Waals surface area contributed by atoms with E-state index in [1.54, 1.807) is 17.0 Å². The third kappa shape index (κ3) is 4.48. The number of hydrogen-bond acceptors (Lipinski definition) is 4. The van der Waals surface area contributed by atoms with Crippen molar-refractivity contribution in [3.63, 3.8) is 0 Å². The number of hydrogen-bond donors (Lipinski definition) is 2. The van der Waals surface area contributed by atoms with Crippen LogP contribution < -0.4 is 11.1 Å². The lowest BCUT2D eigenvalue weighted by Crippen LogP contribution is -2.54. The molecule has 2 heterocycles. The average Bonchev–Trinajstić information content (AvgIpc) is 3.16. The average molecular weight is 341 g/mol. The fraction of sp³-hybridized carbons (Fsp3) is 0.368. The van der Waals surface area contributed by atoms with Gasteiger partial charge in [-0.25, -0.2) is 0 Å². The highest BCUT2D eigenvalue weighted by Crippen LogP contribution is 2.13. The summed E-state index contributed by atoms with van der Waals surface area (Å²) in [6.07, 6.45) is 3.67. The molecule has 132 valence electrons. The number of benzene rings is 1. The van der Waals surface area contributed by atoms with Gasteiger partial charge >= 0.3 is 0 Å². The molecule has 1 aromatic carbocycles. The molecule has 1 aromatic heterocycles. The van der Waals surface area contributed by atoms with Gasteiger partial charge < -0.3 is 20.4 Å². The SMILES string of the molecule is NC1CCCN(C(=O)C(Cc2ccccc2)NC(=O)c2ccco2)C1. The van der Waals surface area contributed by atoms with Crippen LogP contribution in [-0.2, 0) is 11.2 Å². The minimum atomic E-state index is -0.648. The van der Waals surface area contributed by atoms with E-state index in [1.807, 2.05) is 30.3 Å². The van der Waals surface area contributed by atoms with Crippen LogP contribution in [0.1, 0.15) is 29.0 Å². The van der Waals surface area contributed by atoms with Gasteiger partial charge in [0.25, 0.3) is 5.91 Å².